The summed E-state index contributed by atoms with van der Waals surface area (Å²) in [7, 11) is 0. The molecule has 0 saturated carbocycles. The van der Waals surface area contributed by atoms with Gasteiger partial charge in [0, 0.05) is 10.0 Å². The molecule has 0 atom stereocenters. The maximum atomic E-state index is 12.3. The first-order valence-corrected chi connectivity index (χ1v) is 8.62. The maximum absolute atomic E-state index is 12.3. The topological polar surface area (TPSA) is 42.0 Å². The van der Waals surface area contributed by atoms with E-state index in [1.165, 1.54) is 16.9 Å². The van der Waals surface area contributed by atoms with E-state index in [0.29, 0.717) is 16.6 Å². The number of benzene rings is 2. The summed E-state index contributed by atoms with van der Waals surface area (Å²) in [6, 6.07) is 13.4. The van der Waals surface area contributed by atoms with E-state index < -0.39 is 0 Å². The summed E-state index contributed by atoms with van der Waals surface area (Å²) in [5, 5.41) is 3.52. The number of nitrogens with one attached hydrogen (secondary N) is 1. The maximum Gasteiger partial charge on any atom is 0.257 e. The number of halogens is 1. The third-order valence-electron chi connectivity index (χ3n) is 3.40. The highest BCUT2D eigenvalue weighted by atomic mass is 79.9. The zero-order valence-corrected chi connectivity index (χ0v) is 14.7. The highest BCUT2D eigenvalue weighted by Crippen LogP contribution is 2.31. The standard InChI is InChI=1S/C17H15BrN2OS/c1-10(2)13-4-3-5-14-15(13)19-17(22-14)20-16(21)11-6-8-12(18)9-7-11/h3-10H,1-2H3,(H,19,20,21). The van der Waals surface area contributed by atoms with E-state index in [4.69, 9.17) is 0 Å². The normalized spacial score (nSPS) is 11.1. The molecule has 0 bridgehead atoms. The van der Waals surface area contributed by atoms with Crippen molar-refractivity contribution in [2.24, 2.45) is 0 Å². The molecule has 0 fully saturated rings. The van der Waals surface area contributed by atoms with Crippen LogP contribution in [0.5, 0.6) is 0 Å². The number of hydrogen-bond acceptors (Lipinski definition) is 3. The Kier molecular flexibility index (Phi) is 4.27. The van der Waals surface area contributed by atoms with Gasteiger partial charge in [0.2, 0.25) is 0 Å². The van der Waals surface area contributed by atoms with Gasteiger partial charge in [-0.25, -0.2) is 4.98 Å². The predicted octanol–water partition coefficient (Wildman–Crippen LogP) is 5.43. The van der Waals surface area contributed by atoms with Crippen LogP contribution in [0.1, 0.15) is 35.7 Å². The molecule has 1 N–H and O–H groups in total. The van der Waals surface area contributed by atoms with Crippen LogP contribution in [-0.2, 0) is 0 Å². The monoisotopic (exact) mass is 374 g/mol. The lowest BCUT2D eigenvalue weighted by atomic mass is 10.0. The number of carbonyl (C=O) groups excluding carboxylic acids is 1. The van der Waals surface area contributed by atoms with Gasteiger partial charge in [-0.05, 0) is 41.8 Å². The van der Waals surface area contributed by atoms with Crippen molar-refractivity contribution in [1.82, 2.24) is 4.98 Å². The first-order valence-electron chi connectivity index (χ1n) is 7.01. The number of fused-ring (bicyclic) bond motifs is 1. The van der Waals surface area contributed by atoms with Crippen molar-refractivity contribution >= 4 is 48.5 Å². The van der Waals surface area contributed by atoms with Gasteiger partial charge in [0.05, 0.1) is 10.2 Å². The van der Waals surface area contributed by atoms with Crippen molar-refractivity contribution in [3.8, 4) is 0 Å². The minimum Gasteiger partial charge on any atom is -0.298 e. The molecular weight excluding hydrogens is 360 g/mol. The molecule has 5 heteroatoms. The zero-order chi connectivity index (χ0) is 15.7. The predicted molar refractivity (Wildman–Crippen MR) is 95.8 cm³/mol. The van der Waals surface area contributed by atoms with Gasteiger partial charge in [-0.2, -0.15) is 0 Å². The minimum absolute atomic E-state index is 0.141. The van der Waals surface area contributed by atoms with Crippen LogP contribution >= 0.6 is 27.3 Å². The fourth-order valence-electron chi connectivity index (χ4n) is 2.26. The molecule has 0 aliphatic rings. The van der Waals surface area contributed by atoms with E-state index >= 15 is 0 Å². The number of thiazole rings is 1. The lowest BCUT2D eigenvalue weighted by Gasteiger charge is -2.04. The average Bonchev–Trinajstić information content (AvgIpc) is 2.89. The van der Waals surface area contributed by atoms with Gasteiger partial charge in [-0.3, -0.25) is 10.1 Å². The molecule has 1 aromatic heterocycles. The van der Waals surface area contributed by atoms with Crippen LogP contribution in [0.15, 0.2) is 46.9 Å². The number of nitrogens with zero attached hydrogens (tertiary/aromatic N) is 1. The Morgan fingerprint density at radius 3 is 2.59 bits per heavy atom. The molecular formula is C17H15BrN2OS. The van der Waals surface area contributed by atoms with Gasteiger partial charge in [-0.15, -0.1) is 0 Å². The highest BCUT2D eigenvalue weighted by Gasteiger charge is 2.13. The molecule has 1 heterocycles. The number of hydrogen-bond donors (Lipinski definition) is 1. The van der Waals surface area contributed by atoms with E-state index in [9.17, 15) is 4.79 Å². The summed E-state index contributed by atoms with van der Waals surface area (Å²) in [4.78, 5) is 16.9. The first kappa shape index (κ1) is 15.2. The molecule has 3 aromatic rings. The number of amides is 1. The molecule has 1 amide bonds. The van der Waals surface area contributed by atoms with Gasteiger partial charge >= 0.3 is 0 Å². The Labute approximate surface area is 141 Å². The summed E-state index contributed by atoms with van der Waals surface area (Å²) < 4.78 is 2.04. The Morgan fingerprint density at radius 2 is 1.91 bits per heavy atom. The molecule has 112 valence electrons. The highest BCUT2D eigenvalue weighted by molar-refractivity contribution is 9.10. The number of anilines is 1. The summed E-state index contributed by atoms with van der Waals surface area (Å²) in [5.41, 5.74) is 2.80. The van der Waals surface area contributed by atoms with E-state index in [-0.39, 0.29) is 5.91 Å². The number of carbonyl (C=O) groups is 1. The lowest BCUT2D eigenvalue weighted by Crippen LogP contribution is -2.11. The quantitative estimate of drug-likeness (QED) is 0.663. The molecule has 0 saturated heterocycles. The van der Waals surface area contributed by atoms with E-state index in [1.807, 2.05) is 24.3 Å². The molecule has 2 aromatic carbocycles. The Bertz CT molecular complexity index is 824. The molecule has 0 aliphatic heterocycles. The second kappa shape index (κ2) is 6.18. The van der Waals surface area contributed by atoms with Crippen molar-refractivity contribution in [2.75, 3.05) is 5.32 Å². The van der Waals surface area contributed by atoms with Gasteiger partial charge in [-0.1, -0.05) is 53.2 Å². The molecule has 22 heavy (non-hydrogen) atoms. The van der Waals surface area contributed by atoms with Crippen molar-refractivity contribution in [3.63, 3.8) is 0 Å². The lowest BCUT2D eigenvalue weighted by molar-refractivity contribution is 0.102. The fourth-order valence-corrected chi connectivity index (χ4v) is 3.42. The van der Waals surface area contributed by atoms with Crippen molar-refractivity contribution < 1.29 is 4.79 Å². The van der Waals surface area contributed by atoms with Crippen molar-refractivity contribution in [2.45, 2.75) is 19.8 Å². The Balaban J connectivity index is 1.89. The summed E-state index contributed by atoms with van der Waals surface area (Å²) >= 11 is 4.87. The van der Waals surface area contributed by atoms with Crippen LogP contribution in [0.4, 0.5) is 5.13 Å². The third kappa shape index (κ3) is 3.05. The molecule has 0 unspecified atom stereocenters. The van der Waals surface area contributed by atoms with Crippen LogP contribution in [0.2, 0.25) is 0 Å². The van der Waals surface area contributed by atoms with Gasteiger partial charge in [0.25, 0.3) is 5.91 Å². The van der Waals surface area contributed by atoms with Crippen molar-refractivity contribution in [1.29, 1.82) is 0 Å². The van der Waals surface area contributed by atoms with E-state index in [1.54, 1.807) is 12.1 Å². The van der Waals surface area contributed by atoms with E-state index in [2.05, 4.69) is 46.1 Å². The number of rotatable bonds is 3. The van der Waals surface area contributed by atoms with Crippen LogP contribution < -0.4 is 5.32 Å². The van der Waals surface area contributed by atoms with Crippen LogP contribution in [0.25, 0.3) is 10.2 Å². The number of aromatic nitrogens is 1. The van der Waals surface area contributed by atoms with Crippen molar-refractivity contribution in [3.05, 3.63) is 58.1 Å². The van der Waals surface area contributed by atoms with Crippen LogP contribution in [0, 0.1) is 0 Å². The zero-order valence-electron chi connectivity index (χ0n) is 12.3. The summed E-state index contributed by atoms with van der Waals surface area (Å²) in [6.45, 7) is 4.29. The summed E-state index contributed by atoms with van der Waals surface area (Å²) in [5.74, 6) is 0.262. The van der Waals surface area contributed by atoms with Crippen LogP contribution in [0.3, 0.4) is 0 Å². The first-order chi connectivity index (χ1) is 10.5. The fraction of sp³-hybridized carbons (Fsp3) is 0.176. The minimum atomic E-state index is -0.141. The SMILES string of the molecule is CC(C)c1cccc2sc(NC(=O)c3ccc(Br)cc3)nc12. The average molecular weight is 375 g/mol. The van der Waals surface area contributed by atoms with E-state index in [0.717, 1.165) is 14.7 Å². The molecule has 0 aliphatic carbocycles. The molecule has 0 spiro atoms. The van der Waals surface area contributed by atoms with Crippen LogP contribution in [-0.4, -0.2) is 10.9 Å². The van der Waals surface area contributed by atoms with Gasteiger partial charge in [0.15, 0.2) is 5.13 Å². The molecule has 3 nitrogen and oxygen atoms in total. The van der Waals surface area contributed by atoms with Gasteiger partial charge in [0.1, 0.15) is 0 Å². The second-order valence-corrected chi connectivity index (χ2v) is 7.28. The second-order valence-electron chi connectivity index (χ2n) is 5.33. The van der Waals surface area contributed by atoms with Gasteiger partial charge < -0.3 is 0 Å². The largest absolute Gasteiger partial charge is 0.298 e. The third-order valence-corrected chi connectivity index (χ3v) is 4.86. The molecule has 0 radical (unpaired) electrons. The number of para-hydroxylation sites is 1. The Morgan fingerprint density at radius 1 is 1.18 bits per heavy atom. The summed E-state index contributed by atoms with van der Waals surface area (Å²) in [6.07, 6.45) is 0. The molecule has 3 rings (SSSR count). The Hall–Kier alpha value is -1.72. The smallest absolute Gasteiger partial charge is 0.257 e.